The van der Waals surface area contributed by atoms with Gasteiger partial charge in [-0.05, 0) is 36.3 Å². The van der Waals surface area contributed by atoms with E-state index in [0.29, 0.717) is 13.2 Å². The molecule has 0 atom stereocenters. The first-order chi connectivity index (χ1) is 9.33. The van der Waals surface area contributed by atoms with Gasteiger partial charge in [-0.1, -0.05) is 18.2 Å². The molecule has 4 nitrogen and oxygen atoms in total. The minimum absolute atomic E-state index is 0.0560. The smallest absolute Gasteiger partial charge is 0.257 e. The molecule has 1 fully saturated rings. The molecule has 4 heteroatoms. The number of aromatic nitrogens is 1. The van der Waals surface area contributed by atoms with Crippen molar-refractivity contribution < 1.29 is 4.74 Å². The van der Waals surface area contributed by atoms with Gasteiger partial charge in [0.05, 0.1) is 6.61 Å². The van der Waals surface area contributed by atoms with Crippen LogP contribution >= 0.6 is 0 Å². The molecule has 2 aromatic rings. The summed E-state index contributed by atoms with van der Waals surface area (Å²) in [5.41, 5.74) is -0.0560. The molecule has 19 heavy (non-hydrogen) atoms. The van der Waals surface area contributed by atoms with Gasteiger partial charge in [-0.3, -0.25) is 4.79 Å². The third-order valence-corrected chi connectivity index (χ3v) is 3.37. The van der Waals surface area contributed by atoms with Crippen LogP contribution in [0.25, 0.3) is 10.8 Å². The second kappa shape index (κ2) is 5.45. The van der Waals surface area contributed by atoms with Crippen molar-refractivity contribution in [3.8, 4) is 0 Å². The molecule has 1 saturated carbocycles. The lowest BCUT2D eigenvalue weighted by Gasteiger charge is -2.08. The van der Waals surface area contributed by atoms with Gasteiger partial charge >= 0.3 is 0 Å². The number of H-pyrrole nitrogens is 1. The van der Waals surface area contributed by atoms with E-state index in [-0.39, 0.29) is 5.56 Å². The molecule has 0 bridgehead atoms. The SMILES string of the molecule is O=c1[nH]c(NCCOCC2CC2)cc2ccccc12. The van der Waals surface area contributed by atoms with Gasteiger partial charge in [0.1, 0.15) is 5.82 Å². The Hall–Kier alpha value is -1.81. The van der Waals surface area contributed by atoms with Crippen molar-refractivity contribution in [2.75, 3.05) is 25.1 Å². The van der Waals surface area contributed by atoms with Crippen LogP contribution in [-0.2, 0) is 4.74 Å². The van der Waals surface area contributed by atoms with Crippen LogP contribution in [0.3, 0.4) is 0 Å². The molecule has 0 unspecified atom stereocenters. The van der Waals surface area contributed by atoms with Gasteiger partial charge in [0.25, 0.3) is 5.56 Å². The number of benzene rings is 1. The van der Waals surface area contributed by atoms with Crippen molar-refractivity contribution in [1.29, 1.82) is 0 Å². The fourth-order valence-corrected chi connectivity index (χ4v) is 2.10. The van der Waals surface area contributed by atoms with Crippen molar-refractivity contribution in [3.05, 3.63) is 40.7 Å². The van der Waals surface area contributed by atoms with Crippen LogP contribution in [0.4, 0.5) is 5.82 Å². The highest BCUT2D eigenvalue weighted by atomic mass is 16.5. The lowest BCUT2D eigenvalue weighted by molar-refractivity contribution is 0.134. The molecule has 1 heterocycles. The molecule has 3 rings (SSSR count). The lowest BCUT2D eigenvalue weighted by atomic mass is 10.2. The summed E-state index contributed by atoms with van der Waals surface area (Å²) in [4.78, 5) is 14.7. The van der Waals surface area contributed by atoms with Crippen molar-refractivity contribution >= 4 is 16.6 Å². The number of pyridine rings is 1. The number of aromatic amines is 1. The Morgan fingerprint density at radius 3 is 3.00 bits per heavy atom. The Balaban J connectivity index is 1.59. The van der Waals surface area contributed by atoms with E-state index in [1.807, 2.05) is 30.3 Å². The molecular formula is C15H18N2O2. The predicted octanol–water partition coefficient (Wildman–Crippen LogP) is 2.37. The Morgan fingerprint density at radius 1 is 1.32 bits per heavy atom. The van der Waals surface area contributed by atoms with E-state index >= 15 is 0 Å². The van der Waals surface area contributed by atoms with Gasteiger partial charge in [0, 0.05) is 18.5 Å². The summed E-state index contributed by atoms with van der Waals surface area (Å²) in [5.74, 6) is 1.54. The van der Waals surface area contributed by atoms with Gasteiger partial charge in [0.2, 0.25) is 0 Å². The normalized spacial score (nSPS) is 14.7. The summed E-state index contributed by atoms with van der Waals surface area (Å²) >= 11 is 0. The highest BCUT2D eigenvalue weighted by molar-refractivity contribution is 5.83. The standard InChI is InChI=1S/C15H18N2O2/c18-15-13-4-2-1-3-12(13)9-14(17-15)16-7-8-19-10-11-5-6-11/h1-4,9,11H,5-8,10H2,(H2,16,17,18). The first-order valence-corrected chi connectivity index (χ1v) is 6.76. The van der Waals surface area contributed by atoms with E-state index in [1.165, 1.54) is 12.8 Å². The molecule has 1 aromatic carbocycles. The zero-order chi connectivity index (χ0) is 13.1. The Labute approximate surface area is 111 Å². The van der Waals surface area contributed by atoms with Crippen molar-refractivity contribution in [3.63, 3.8) is 0 Å². The predicted molar refractivity (Wildman–Crippen MR) is 76.6 cm³/mol. The average Bonchev–Trinajstić information content (AvgIpc) is 3.23. The number of anilines is 1. The van der Waals surface area contributed by atoms with Crippen molar-refractivity contribution in [2.24, 2.45) is 5.92 Å². The summed E-state index contributed by atoms with van der Waals surface area (Å²) in [7, 11) is 0. The minimum Gasteiger partial charge on any atom is -0.379 e. The number of nitrogens with one attached hydrogen (secondary N) is 2. The van der Waals surface area contributed by atoms with E-state index in [2.05, 4.69) is 10.3 Å². The second-order valence-electron chi connectivity index (χ2n) is 5.04. The highest BCUT2D eigenvalue weighted by Gasteiger charge is 2.20. The summed E-state index contributed by atoms with van der Waals surface area (Å²) in [5, 5.41) is 4.86. The van der Waals surface area contributed by atoms with Crippen LogP contribution in [0.1, 0.15) is 12.8 Å². The van der Waals surface area contributed by atoms with E-state index in [4.69, 9.17) is 4.74 Å². The highest BCUT2D eigenvalue weighted by Crippen LogP contribution is 2.28. The summed E-state index contributed by atoms with van der Waals surface area (Å²) in [6.45, 7) is 2.25. The number of hydrogen-bond donors (Lipinski definition) is 2. The molecule has 1 aromatic heterocycles. The Bertz CT molecular complexity index is 617. The molecular weight excluding hydrogens is 240 g/mol. The Morgan fingerprint density at radius 2 is 2.16 bits per heavy atom. The first kappa shape index (κ1) is 12.2. The van der Waals surface area contributed by atoms with E-state index in [0.717, 1.165) is 29.1 Å². The van der Waals surface area contributed by atoms with E-state index in [1.54, 1.807) is 0 Å². The first-order valence-electron chi connectivity index (χ1n) is 6.76. The third-order valence-electron chi connectivity index (χ3n) is 3.37. The maximum absolute atomic E-state index is 11.9. The average molecular weight is 258 g/mol. The van der Waals surface area contributed by atoms with Crippen molar-refractivity contribution in [1.82, 2.24) is 4.98 Å². The molecule has 100 valence electrons. The molecule has 0 spiro atoms. The zero-order valence-electron chi connectivity index (χ0n) is 10.8. The van der Waals surface area contributed by atoms with Crippen LogP contribution in [0.2, 0.25) is 0 Å². The van der Waals surface area contributed by atoms with Gasteiger partial charge < -0.3 is 15.0 Å². The summed E-state index contributed by atoms with van der Waals surface area (Å²) in [6, 6.07) is 9.54. The maximum atomic E-state index is 11.9. The fourth-order valence-electron chi connectivity index (χ4n) is 2.10. The van der Waals surface area contributed by atoms with Crippen LogP contribution in [0.5, 0.6) is 0 Å². The number of ether oxygens (including phenoxy) is 1. The third kappa shape index (κ3) is 3.15. The lowest BCUT2D eigenvalue weighted by Crippen LogP contribution is -2.15. The van der Waals surface area contributed by atoms with Crippen LogP contribution in [-0.4, -0.2) is 24.7 Å². The summed E-state index contributed by atoms with van der Waals surface area (Å²) in [6.07, 6.45) is 2.62. The maximum Gasteiger partial charge on any atom is 0.257 e. The van der Waals surface area contributed by atoms with Gasteiger partial charge in [0.15, 0.2) is 0 Å². The minimum atomic E-state index is -0.0560. The van der Waals surface area contributed by atoms with Gasteiger partial charge in [-0.15, -0.1) is 0 Å². The number of fused-ring (bicyclic) bond motifs is 1. The van der Waals surface area contributed by atoms with E-state index < -0.39 is 0 Å². The number of rotatable bonds is 6. The topological polar surface area (TPSA) is 54.1 Å². The quantitative estimate of drug-likeness (QED) is 0.782. The summed E-state index contributed by atoms with van der Waals surface area (Å²) < 4.78 is 5.54. The zero-order valence-corrected chi connectivity index (χ0v) is 10.8. The molecule has 1 aliphatic rings. The molecule has 0 amide bonds. The van der Waals surface area contributed by atoms with Crippen LogP contribution in [0, 0.1) is 5.92 Å². The van der Waals surface area contributed by atoms with Crippen LogP contribution in [0.15, 0.2) is 35.1 Å². The van der Waals surface area contributed by atoms with E-state index in [9.17, 15) is 4.79 Å². The fraction of sp³-hybridized carbons (Fsp3) is 0.400. The number of hydrogen-bond acceptors (Lipinski definition) is 3. The second-order valence-corrected chi connectivity index (χ2v) is 5.04. The van der Waals surface area contributed by atoms with Crippen molar-refractivity contribution in [2.45, 2.75) is 12.8 Å². The van der Waals surface area contributed by atoms with Gasteiger partial charge in [-0.25, -0.2) is 0 Å². The van der Waals surface area contributed by atoms with Gasteiger partial charge in [-0.2, -0.15) is 0 Å². The van der Waals surface area contributed by atoms with Crippen LogP contribution < -0.4 is 10.9 Å². The monoisotopic (exact) mass is 258 g/mol. The molecule has 0 radical (unpaired) electrons. The Kier molecular flexibility index (Phi) is 3.51. The molecule has 1 aliphatic carbocycles. The largest absolute Gasteiger partial charge is 0.379 e. The molecule has 0 saturated heterocycles. The molecule has 0 aliphatic heterocycles. The molecule has 2 N–H and O–H groups in total.